The summed E-state index contributed by atoms with van der Waals surface area (Å²) in [4.78, 5) is 94.8. The standard InChI is InChI=1S/C58H69N3O14/c1-7-44(41-32-38(4)53(70-6)50(34-41)69-5)55(65)60-25-9-8-17-47(60)58(68)75-48(23-21-39-20-19-36(2)37(3)31-39)40-13-10-15-43(33-40)74-35-42(62)14-12-26-71-27-28-72-29-30-73-49-18-11-16-45-52(49)57(67)61(56(45)66)46-22-24-51(63)59-54(46)64/h10-11,13,15-16,18-20,31-34,44,46-48H,7-9,12,14,17,21-30,35H2,1-6H3,(H,59,63,64)/t44-,46?,47-,48?/m0/s1. The van der Waals surface area contributed by atoms with Crippen LogP contribution in [-0.4, -0.2) is 124 Å². The van der Waals surface area contributed by atoms with Crippen LogP contribution in [0.3, 0.4) is 0 Å². The Balaban J connectivity index is 0.873. The molecule has 3 aliphatic rings. The fourth-order valence-electron chi connectivity index (χ4n) is 9.89. The maximum atomic E-state index is 14.4. The number of ether oxygens (including phenoxy) is 7. The van der Waals surface area contributed by atoms with Gasteiger partial charge in [-0.3, -0.25) is 39.0 Å². The van der Waals surface area contributed by atoms with Crippen molar-refractivity contribution in [3.05, 3.63) is 117 Å². The molecule has 75 heavy (non-hydrogen) atoms. The molecule has 2 fully saturated rings. The Hall–Kier alpha value is -7.11. The lowest BCUT2D eigenvalue weighted by Gasteiger charge is -2.37. The van der Waals surface area contributed by atoms with Gasteiger partial charge < -0.3 is 38.1 Å². The molecule has 4 aromatic carbocycles. The van der Waals surface area contributed by atoms with Crippen molar-refractivity contribution in [2.24, 2.45) is 0 Å². The molecule has 5 amide bonds. The number of nitrogens with one attached hydrogen (secondary N) is 1. The Labute approximate surface area is 438 Å². The highest BCUT2D eigenvalue weighted by atomic mass is 16.6. The summed E-state index contributed by atoms with van der Waals surface area (Å²) in [6.07, 6.45) is 3.80. The average Bonchev–Trinajstić information content (AvgIpc) is 3.66. The summed E-state index contributed by atoms with van der Waals surface area (Å²) in [6, 6.07) is 20.2. The van der Waals surface area contributed by atoms with E-state index in [1.165, 1.54) is 17.2 Å². The maximum Gasteiger partial charge on any atom is 0.329 e. The summed E-state index contributed by atoms with van der Waals surface area (Å²) >= 11 is 0. The van der Waals surface area contributed by atoms with Gasteiger partial charge in [-0.05, 0) is 136 Å². The zero-order valence-corrected chi connectivity index (χ0v) is 43.9. The third-order valence-electron chi connectivity index (χ3n) is 14.0. The van der Waals surface area contributed by atoms with Crippen LogP contribution < -0.4 is 24.3 Å². The van der Waals surface area contributed by atoms with Gasteiger partial charge in [0.25, 0.3) is 11.8 Å². The SMILES string of the molecule is CC[C@H](C(=O)N1CCCC[C@H]1C(=O)OC(CCc1ccc(C)c(C)c1)c1cccc(OCC(=O)CCCOCCOCCOc2cccc3c2C(=O)N(C2CCC(=O)NC2=O)C3=O)c1)c1cc(C)c(OC)c(OC)c1. The van der Waals surface area contributed by atoms with Crippen molar-refractivity contribution >= 4 is 41.3 Å². The molecule has 3 aliphatic heterocycles. The lowest BCUT2D eigenvalue weighted by Crippen LogP contribution is -2.54. The molecule has 3 heterocycles. The maximum absolute atomic E-state index is 14.4. The Morgan fingerprint density at radius 2 is 1.52 bits per heavy atom. The van der Waals surface area contributed by atoms with Gasteiger partial charge in [-0.2, -0.15) is 0 Å². The number of carbonyl (C=O) groups is 7. The van der Waals surface area contributed by atoms with E-state index in [2.05, 4.69) is 37.4 Å². The minimum absolute atomic E-state index is 0.0248. The molecular formula is C58H69N3O14. The number of nitrogens with zero attached hydrogens (tertiary/aromatic N) is 2. The molecule has 2 saturated heterocycles. The van der Waals surface area contributed by atoms with Gasteiger partial charge >= 0.3 is 5.97 Å². The van der Waals surface area contributed by atoms with Crippen LogP contribution in [0.1, 0.15) is 131 Å². The molecule has 7 rings (SSSR count). The van der Waals surface area contributed by atoms with Gasteiger partial charge in [-0.1, -0.05) is 49.4 Å². The van der Waals surface area contributed by atoms with Crippen molar-refractivity contribution in [3.63, 3.8) is 0 Å². The van der Waals surface area contributed by atoms with Crippen LogP contribution in [0.2, 0.25) is 0 Å². The third-order valence-corrected chi connectivity index (χ3v) is 14.0. The highest BCUT2D eigenvalue weighted by molar-refractivity contribution is 6.24. The van der Waals surface area contributed by atoms with Gasteiger partial charge in [0.15, 0.2) is 17.3 Å². The van der Waals surface area contributed by atoms with E-state index >= 15 is 0 Å². The number of likely N-dealkylation sites (tertiary alicyclic amines) is 1. The number of carbonyl (C=O) groups excluding carboxylic acids is 7. The monoisotopic (exact) mass is 1030 g/mol. The Bertz CT molecular complexity index is 2740. The van der Waals surface area contributed by atoms with E-state index < -0.39 is 53.7 Å². The lowest BCUT2D eigenvalue weighted by atomic mass is 9.91. The topological polar surface area (TPSA) is 203 Å². The van der Waals surface area contributed by atoms with E-state index in [-0.39, 0.29) is 80.9 Å². The minimum atomic E-state index is -1.07. The van der Waals surface area contributed by atoms with Gasteiger partial charge in [0.2, 0.25) is 17.7 Å². The summed E-state index contributed by atoms with van der Waals surface area (Å²) in [5.74, 6) is -1.79. The van der Waals surface area contributed by atoms with Gasteiger partial charge in [-0.15, -0.1) is 0 Å². The van der Waals surface area contributed by atoms with E-state index in [4.69, 9.17) is 33.2 Å². The van der Waals surface area contributed by atoms with Gasteiger partial charge in [0, 0.05) is 26.0 Å². The summed E-state index contributed by atoms with van der Waals surface area (Å²) in [5, 5.41) is 2.19. The summed E-state index contributed by atoms with van der Waals surface area (Å²) in [6.45, 7) is 9.40. The second-order valence-electron chi connectivity index (χ2n) is 19.2. The summed E-state index contributed by atoms with van der Waals surface area (Å²) < 4.78 is 40.7. The largest absolute Gasteiger partial charge is 0.493 e. The Morgan fingerprint density at radius 3 is 2.27 bits per heavy atom. The number of ketones is 1. The molecule has 17 heteroatoms. The number of hydrogen-bond donors (Lipinski definition) is 1. The normalized spacial score (nSPS) is 17.3. The fraction of sp³-hybridized carbons (Fsp3) is 0.466. The van der Waals surface area contributed by atoms with Gasteiger partial charge in [-0.25, -0.2) is 4.79 Å². The molecule has 0 radical (unpaired) electrons. The van der Waals surface area contributed by atoms with Crippen LogP contribution in [0.5, 0.6) is 23.0 Å². The molecule has 400 valence electrons. The molecule has 0 aliphatic carbocycles. The molecule has 0 saturated carbocycles. The number of piperidine rings is 2. The van der Waals surface area contributed by atoms with Crippen molar-refractivity contribution in [2.45, 2.75) is 116 Å². The second kappa shape index (κ2) is 26.4. The summed E-state index contributed by atoms with van der Waals surface area (Å²) in [5.41, 5.74) is 6.03. The highest BCUT2D eigenvalue weighted by Crippen LogP contribution is 2.38. The van der Waals surface area contributed by atoms with Gasteiger partial charge in [0.05, 0.1) is 51.1 Å². The Morgan fingerprint density at radius 1 is 0.747 bits per heavy atom. The van der Waals surface area contributed by atoms with Crippen molar-refractivity contribution < 1.29 is 66.7 Å². The van der Waals surface area contributed by atoms with Crippen molar-refractivity contribution in [2.75, 3.05) is 60.4 Å². The molecule has 0 spiro atoms. The van der Waals surface area contributed by atoms with Crippen LogP contribution >= 0.6 is 0 Å². The fourth-order valence-corrected chi connectivity index (χ4v) is 9.89. The number of amides is 5. The van der Waals surface area contributed by atoms with Gasteiger partial charge in [0.1, 0.15) is 42.9 Å². The third kappa shape index (κ3) is 13.8. The zero-order valence-electron chi connectivity index (χ0n) is 43.9. The first-order valence-corrected chi connectivity index (χ1v) is 25.9. The number of rotatable bonds is 26. The van der Waals surface area contributed by atoms with Crippen molar-refractivity contribution in [1.29, 1.82) is 0 Å². The van der Waals surface area contributed by atoms with E-state index in [0.29, 0.717) is 68.1 Å². The highest BCUT2D eigenvalue weighted by Gasteiger charge is 2.46. The van der Waals surface area contributed by atoms with E-state index in [9.17, 15) is 33.6 Å². The average molecular weight is 1030 g/mol. The first-order chi connectivity index (χ1) is 36.2. The molecule has 2 unspecified atom stereocenters. The number of Topliss-reactive ketones (excluding diaryl/α,β-unsaturated/α-hetero) is 1. The van der Waals surface area contributed by atoms with E-state index in [1.807, 2.05) is 38.1 Å². The lowest BCUT2D eigenvalue weighted by molar-refractivity contribution is -0.162. The van der Waals surface area contributed by atoms with Crippen LogP contribution in [0, 0.1) is 20.8 Å². The molecule has 1 N–H and O–H groups in total. The number of benzene rings is 4. The van der Waals surface area contributed by atoms with Crippen molar-refractivity contribution in [1.82, 2.24) is 15.1 Å². The number of aryl methyl sites for hydroxylation is 4. The number of esters is 1. The van der Waals surface area contributed by atoms with Crippen molar-refractivity contribution in [3.8, 4) is 23.0 Å². The quantitative estimate of drug-likeness (QED) is 0.0365. The second-order valence-corrected chi connectivity index (χ2v) is 19.2. The van der Waals surface area contributed by atoms with Crippen LogP contribution in [-0.2, 0) is 44.6 Å². The predicted molar refractivity (Wildman–Crippen MR) is 276 cm³/mol. The molecule has 4 aromatic rings. The first-order valence-electron chi connectivity index (χ1n) is 25.9. The van der Waals surface area contributed by atoms with E-state index in [0.717, 1.165) is 34.4 Å². The van der Waals surface area contributed by atoms with Crippen LogP contribution in [0.15, 0.2) is 72.8 Å². The van der Waals surface area contributed by atoms with Crippen LogP contribution in [0.25, 0.3) is 0 Å². The number of hydrogen-bond acceptors (Lipinski definition) is 14. The number of fused-ring (bicyclic) bond motifs is 1. The van der Waals surface area contributed by atoms with E-state index in [1.54, 1.807) is 43.4 Å². The molecule has 0 bridgehead atoms. The predicted octanol–water partition coefficient (Wildman–Crippen LogP) is 7.66. The zero-order chi connectivity index (χ0) is 53.6. The number of imide groups is 2. The minimum Gasteiger partial charge on any atom is -0.493 e. The smallest absolute Gasteiger partial charge is 0.329 e. The van der Waals surface area contributed by atoms with Crippen LogP contribution in [0.4, 0.5) is 0 Å². The number of methoxy groups -OCH3 is 2. The Kier molecular flexibility index (Phi) is 19.6. The first kappa shape index (κ1) is 55.6. The molecule has 17 nitrogen and oxygen atoms in total. The molecular weight excluding hydrogens is 963 g/mol. The molecule has 4 atom stereocenters. The summed E-state index contributed by atoms with van der Waals surface area (Å²) in [7, 11) is 3.16. The molecule has 0 aromatic heterocycles.